The Morgan fingerprint density at radius 2 is 1.94 bits per heavy atom. The third-order valence-corrected chi connectivity index (χ3v) is 6.21. The number of nitrogens with one attached hydrogen (secondary N) is 2. The molecule has 1 aromatic heterocycles. The molecule has 1 fully saturated rings. The molecule has 3 N–H and O–H groups in total. The number of ether oxygens (including phenoxy) is 1. The number of benzene rings is 2. The predicted molar refractivity (Wildman–Crippen MR) is 127 cm³/mol. The van der Waals surface area contributed by atoms with E-state index in [-0.39, 0.29) is 11.9 Å². The molecule has 1 amide bonds. The van der Waals surface area contributed by atoms with Crippen molar-refractivity contribution in [3.8, 4) is 0 Å². The van der Waals surface area contributed by atoms with Gasteiger partial charge in [0, 0.05) is 31.8 Å². The number of aromatic nitrogens is 2. The van der Waals surface area contributed by atoms with Gasteiger partial charge in [0.1, 0.15) is 0 Å². The fourth-order valence-corrected chi connectivity index (χ4v) is 4.47. The minimum atomic E-state index is -0.493. The molecule has 0 unspecified atom stereocenters. The molecule has 1 aliphatic heterocycles. The highest BCUT2D eigenvalue weighted by Gasteiger charge is 2.29. The fourth-order valence-electron chi connectivity index (χ4n) is 4.47. The molecule has 2 aromatic carbocycles. The highest BCUT2D eigenvalue weighted by Crippen LogP contribution is 2.26. The third kappa shape index (κ3) is 5.87. The summed E-state index contributed by atoms with van der Waals surface area (Å²) in [5.74, 6) is -0.0329. The van der Waals surface area contributed by atoms with Crippen LogP contribution in [0.1, 0.15) is 51.8 Å². The van der Waals surface area contributed by atoms with Crippen molar-refractivity contribution >= 4 is 5.91 Å². The van der Waals surface area contributed by atoms with Crippen LogP contribution >= 0.6 is 0 Å². The van der Waals surface area contributed by atoms with E-state index in [1.165, 1.54) is 5.56 Å². The van der Waals surface area contributed by atoms with Crippen LogP contribution in [0.5, 0.6) is 0 Å². The average Bonchev–Trinajstić information content (AvgIpc) is 3.49. The fraction of sp³-hybridized carbons (Fsp3) is 0.385. The van der Waals surface area contributed by atoms with E-state index in [0.717, 1.165) is 36.2 Å². The molecule has 1 saturated heterocycles. The Bertz CT molecular complexity index is 1040. The molecular weight excluding hydrogens is 416 g/mol. The zero-order valence-corrected chi connectivity index (χ0v) is 19.2. The van der Waals surface area contributed by atoms with Crippen LogP contribution in [0.2, 0.25) is 0 Å². The van der Waals surface area contributed by atoms with Gasteiger partial charge in [-0.1, -0.05) is 42.5 Å². The van der Waals surface area contributed by atoms with Gasteiger partial charge in [-0.25, -0.2) is 0 Å². The van der Waals surface area contributed by atoms with Crippen molar-refractivity contribution in [1.82, 2.24) is 20.4 Å². The molecule has 3 atom stereocenters. The summed E-state index contributed by atoms with van der Waals surface area (Å²) in [6.45, 7) is 0.895. The van der Waals surface area contributed by atoms with E-state index in [0.29, 0.717) is 24.8 Å². The number of carbonyl (C=O) groups excluding carboxylic acids is 1. The standard InChI is InChI=1S/C26H32N4O3/c1-30(16-22-15-23(17-33-2)29-28-22)26(32)20-10-8-18(9-11-20)14-21-12-13-24(27-21)25(31)19-6-4-3-5-7-19/h3-11,15,21,24-25,27,31H,12-14,16-17H2,1-2H3,(H,28,29)/t21-,24+,25+/m0/s1. The zero-order valence-electron chi connectivity index (χ0n) is 19.2. The Labute approximate surface area is 194 Å². The molecule has 0 radical (unpaired) electrons. The first-order chi connectivity index (χ1) is 16.0. The lowest BCUT2D eigenvalue weighted by Crippen LogP contribution is -2.35. The van der Waals surface area contributed by atoms with Gasteiger partial charge >= 0.3 is 0 Å². The van der Waals surface area contributed by atoms with Crippen LogP contribution in [-0.4, -0.2) is 52.4 Å². The van der Waals surface area contributed by atoms with Crippen LogP contribution in [0.4, 0.5) is 0 Å². The van der Waals surface area contributed by atoms with E-state index in [9.17, 15) is 9.90 Å². The molecule has 0 aliphatic carbocycles. The summed E-state index contributed by atoms with van der Waals surface area (Å²) in [6.07, 6.45) is 2.35. The summed E-state index contributed by atoms with van der Waals surface area (Å²) in [5, 5.41) is 21.4. The number of aromatic amines is 1. The molecule has 0 spiro atoms. The monoisotopic (exact) mass is 448 g/mol. The maximum absolute atomic E-state index is 12.8. The Morgan fingerprint density at radius 3 is 2.67 bits per heavy atom. The van der Waals surface area contributed by atoms with Crippen molar-refractivity contribution < 1.29 is 14.6 Å². The molecule has 0 saturated carbocycles. The smallest absolute Gasteiger partial charge is 0.253 e. The van der Waals surface area contributed by atoms with Crippen molar-refractivity contribution in [1.29, 1.82) is 0 Å². The number of rotatable bonds is 9. The van der Waals surface area contributed by atoms with Gasteiger partial charge in [-0.3, -0.25) is 9.89 Å². The Balaban J connectivity index is 1.29. The summed E-state index contributed by atoms with van der Waals surface area (Å²) < 4.78 is 5.08. The average molecular weight is 449 g/mol. The van der Waals surface area contributed by atoms with E-state index in [2.05, 4.69) is 15.5 Å². The topological polar surface area (TPSA) is 90.5 Å². The van der Waals surface area contributed by atoms with Gasteiger partial charge in [0.15, 0.2) is 0 Å². The lowest BCUT2D eigenvalue weighted by atomic mass is 10.0. The second-order valence-corrected chi connectivity index (χ2v) is 8.78. The molecular formula is C26H32N4O3. The second kappa shape index (κ2) is 10.7. The molecule has 0 bridgehead atoms. The van der Waals surface area contributed by atoms with Gasteiger partial charge in [-0.2, -0.15) is 5.10 Å². The van der Waals surface area contributed by atoms with Crippen LogP contribution in [0.15, 0.2) is 60.7 Å². The van der Waals surface area contributed by atoms with E-state index in [1.54, 1.807) is 19.1 Å². The molecule has 7 nitrogen and oxygen atoms in total. The summed E-state index contributed by atoms with van der Waals surface area (Å²) in [7, 11) is 3.41. The van der Waals surface area contributed by atoms with Crippen LogP contribution in [-0.2, 0) is 24.3 Å². The van der Waals surface area contributed by atoms with Gasteiger partial charge in [0.25, 0.3) is 5.91 Å². The molecule has 33 heavy (non-hydrogen) atoms. The number of aliphatic hydroxyl groups is 1. The SMILES string of the molecule is COCc1cc(CN(C)C(=O)c2ccc(C[C@@H]3CC[C@H]([C@H](O)c4ccccc4)N3)cc2)[nH]n1. The van der Waals surface area contributed by atoms with E-state index >= 15 is 0 Å². The number of H-pyrrole nitrogens is 1. The number of hydrogen-bond donors (Lipinski definition) is 3. The number of methoxy groups -OCH3 is 1. The van der Waals surface area contributed by atoms with E-state index in [4.69, 9.17) is 4.74 Å². The second-order valence-electron chi connectivity index (χ2n) is 8.78. The van der Waals surface area contributed by atoms with Crippen molar-refractivity contribution in [2.24, 2.45) is 0 Å². The molecule has 174 valence electrons. The number of carbonyl (C=O) groups is 1. The highest BCUT2D eigenvalue weighted by atomic mass is 16.5. The molecule has 4 rings (SSSR count). The van der Waals surface area contributed by atoms with Crippen LogP contribution < -0.4 is 5.32 Å². The van der Waals surface area contributed by atoms with E-state index in [1.807, 2.05) is 60.7 Å². The quantitative estimate of drug-likeness (QED) is 0.468. The normalized spacial score (nSPS) is 18.9. The van der Waals surface area contributed by atoms with Gasteiger partial charge in [0.05, 0.1) is 30.6 Å². The van der Waals surface area contributed by atoms with Gasteiger partial charge in [0.2, 0.25) is 0 Å². The maximum Gasteiger partial charge on any atom is 0.253 e. The Morgan fingerprint density at radius 1 is 1.18 bits per heavy atom. The Hall–Kier alpha value is -3.00. The summed E-state index contributed by atoms with van der Waals surface area (Å²) in [4.78, 5) is 14.5. The van der Waals surface area contributed by atoms with Gasteiger partial charge < -0.3 is 20.1 Å². The van der Waals surface area contributed by atoms with Gasteiger partial charge in [-0.05, 0) is 48.6 Å². The lowest BCUT2D eigenvalue weighted by molar-refractivity contribution is 0.0783. The van der Waals surface area contributed by atoms with Gasteiger partial charge in [-0.15, -0.1) is 0 Å². The maximum atomic E-state index is 12.8. The molecule has 2 heterocycles. The Kier molecular flexibility index (Phi) is 7.54. The van der Waals surface area contributed by atoms with Crippen LogP contribution in [0.3, 0.4) is 0 Å². The summed E-state index contributed by atoms with van der Waals surface area (Å²) >= 11 is 0. The lowest BCUT2D eigenvalue weighted by Gasteiger charge is -2.20. The molecule has 7 heteroatoms. The first kappa shape index (κ1) is 23.2. The summed E-state index contributed by atoms with van der Waals surface area (Å²) in [6, 6.07) is 19.9. The zero-order chi connectivity index (χ0) is 23.2. The number of nitrogens with zero attached hydrogens (tertiary/aromatic N) is 2. The molecule has 3 aromatic rings. The van der Waals surface area contributed by atoms with E-state index < -0.39 is 6.10 Å². The number of aliphatic hydroxyl groups excluding tert-OH is 1. The van der Waals surface area contributed by atoms with Crippen molar-refractivity contribution in [2.45, 2.75) is 50.6 Å². The number of hydrogen-bond acceptors (Lipinski definition) is 5. The predicted octanol–water partition coefficient (Wildman–Crippen LogP) is 3.23. The minimum absolute atomic E-state index is 0.0329. The third-order valence-electron chi connectivity index (χ3n) is 6.21. The highest BCUT2D eigenvalue weighted by molar-refractivity contribution is 5.94. The number of amides is 1. The largest absolute Gasteiger partial charge is 0.387 e. The van der Waals surface area contributed by atoms with Crippen LogP contribution in [0, 0.1) is 0 Å². The first-order valence-corrected chi connectivity index (χ1v) is 11.4. The van der Waals surface area contributed by atoms with Crippen LogP contribution in [0.25, 0.3) is 0 Å². The van der Waals surface area contributed by atoms with Crippen molar-refractivity contribution in [3.05, 3.63) is 88.7 Å². The van der Waals surface area contributed by atoms with Crippen molar-refractivity contribution in [3.63, 3.8) is 0 Å². The minimum Gasteiger partial charge on any atom is -0.387 e. The van der Waals surface area contributed by atoms with Crippen molar-refractivity contribution in [2.75, 3.05) is 14.2 Å². The summed E-state index contributed by atoms with van der Waals surface area (Å²) in [5.41, 5.74) is 4.48. The first-order valence-electron chi connectivity index (χ1n) is 11.4. The molecule has 1 aliphatic rings.